The quantitative estimate of drug-likeness (QED) is 0.751. The van der Waals surface area contributed by atoms with Gasteiger partial charge >= 0.3 is 0 Å². The Bertz CT molecular complexity index is 397. The molecule has 0 aliphatic rings. The highest BCUT2D eigenvalue weighted by molar-refractivity contribution is 5.83. The highest BCUT2D eigenvalue weighted by Gasteiger charge is 2.03. The van der Waals surface area contributed by atoms with Gasteiger partial charge in [0, 0.05) is 24.0 Å². The predicted molar refractivity (Wildman–Crippen MR) is 66.0 cm³/mol. The molecule has 0 aliphatic carbocycles. The van der Waals surface area contributed by atoms with E-state index in [1.165, 1.54) is 0 Å². The van der Waals surface area contributed by atoms with E-state index in [4.69, 9.17) is 10.8 Å². The van der Waals surface area contributed by atoms with Crippen molar-refractivity contribution in [1.29, 1.82) is 0 Å². The Morgan fingerprint density at radius 1 is 1.62 bits per heavy atom. The van der Waals surface area contributed by atoms with Gasteiger partial charge in [-0.15, -0.1) is 0 Å². The van der Waals surface area contributed by atoms with Crippen LogP contribution in [0.3, 0.4) is 0 Å². The third-order valence-corrected chi connectivity index (χ3v) is 1.97. The van der Waals surface area contributed by atoms with Crippen LogP contribution in [-0.4, -0.2) is 22.3 Å². The summed E-state index contributed by atoms with van der Waals surface area (Å²) >= 11 is 0. The van der Waals surface area contributed by atoms with Crippen molar-refractivity contribution >= 4 is 11.9 Å². The molecule has 3 N–H and O–H groups in total. The first kappa shape index (κ1) is 12.4. The minimum atomic E-state index is -0.0704. The van der Waals surface area contributed by atoms with Crippen LogP contribution in [0, 0.1) is 0 Å². The van der Waals surface area contributed by atoms with Crippen LogP contribution in [0.15, 0.2) is 29.4 Å². The number of aliphatic hydroxyl groups excluding tert-OH is 1. The molecule has 0 amide bonds. The van der Waals surface area contributed by atoms with Crippen LogP contribution < -0.4 is 5.73 Å². The Kier molecular flexibility index (Phi) is 4.66. The average Bonchev–Trinajstić information content (AvgIpc) is 2.28. The fourth-order valence-corrected chi connectivity index (χ4v) is 1.20. The Hall–Kier alpha value is -1.68. The molecule has 4 nitrogen and oxygen atoms in total. The lowest BCUT2D eigenvalue weighted by Crippen LogP contribution is -2.04. The van der Waals surface area contributed by atoms with Crippen molar-refractivity contribution in [2.45, 2.75) is 26.5 Å². The molecule has 0 fully saturated rings. The number of aliphatic hydroxyl groups is 1. The zero-order valence-corrected chi connectivity index (χ0v) is 9.59. The van der Waals surface area contributed by atoms with Crippen LogP contribution in [0.5, 0.6) is 0 Å². The molecule has 16 heavy (non-hydrogen) atoms. The Morgan fingerprint density at radius 2 is 2.38 bits per heavy atom. The monoisotopic (exact) mass is 219 g/mol. The van der Waals surface area contributed by atoms with Gasteiger partial charge in [0.2, 0.25) is 0 Å². The number of nitrogens with two attached hydrogens (primary N) is 1. The first-order valence-corrected chi connectivity index (χ1v) is 5.19. The first-order valence-electron chi connectivity index (χ1n) is 5.19. The predicted octanol–water partition coefficient (Wildman–Crippen LogP) is 1.35. The van der Waals surface area contributed by atoms with Crippen LogP contribution in [-0.2, 0) is 6.61 Å². The Balaban J connectivity index is 2.91. The van der Waals surface area contributed by atoms with Crippen molar-refractivity contribution < 1.29 is 5.11 Å². The molecular formula is C12H17N3O. The highest BCUT2D eigenvalue weighted by atomic mass is 16.3. The maximum Gasteiger partial charge on any atom is 0.0914 e. The standard InChI is InChI=1S/C12H17N3O/c1-9(2)14-7-5-11(13)12-10(8-16)4-3-6-15-12/h3-7,9,16H,8,13H2,1-2H3. The van der Waals surface area contributed by atoms with E-state index in [9.17, 15) is 0 Å². The minimum absolute atomic E-state index is 0.0704. The van der Waals surface area contributed by atoms with E-state index in [1.807, 2.05) is 13.8 Å². The number of pyridine rings is 1. The van der Waals surface area contributed by atoms with Crippen LogP contribution in [0.4, 0.5) is 0 Å². The third-order valence-electron chi connectivity index (χ3n) is 1.97. The van der Waals surface area contributed by atoms with Crippen LogP contribution >= 0.6 is 0 Å². The second-order valence-electron chi connectivity index (χ2n) is 3.68. The summed E-state index contributed by atoms with van der Waals surface area (Å²) in [5, 5.41) is 9.12. The Morgan fingerprint density at radius 3 is 3.00 bits per heavy atom. The molecule has 0 saturated carbocycles. The average molecular weight is 219 g/mol. The molecule has 1 rings (SSSR count). The summed E-state index contributed by atoms with van der Waals surface area (Å²) in [7, 11) is 0. The molecular weight excluding hydrogens is 202 g/mol. The molecule has 0 atom stereocenters. The molecule has 4 heteroatoms. The van der Waals surface area contributed by atoms with E-state index in [0.717, 1.165) is 0 Å². The molecule has 0 aliphatic heterocycles. The van der Waals surface area contributed by atoms with Crippen molar-refractivity contribution in [3.05, 3.63) is 35.7 Å². The van der Waals surface area contributed by atoms with Crippen molar-refractivity contribution in [1.82, 2.24) is 4.98 Å². The molecule has 1 heterocycles. The number of aromatic nitrogens is 1. The smallest absolute Gasteiger partial charge is 0.0914 e. The first-order chi connectivity index (χ1) is 7.65. The molecule has 0 saturated heterocycles. The fraction of sp³-hybridized carbons (Fsp3) is 0.333. The second-order valence-corrected chi connectivity index (χ2v) is 3.68. The third kappa shape index (κ3) is 3.47. The summed E-state index contributed by atoms with van der Waals surface area (Å²) in [5.41, 5.74) is 7.69. The number of hydrogen-bond donors (Lipinski definition) is 2. The molecule has 0 spiro atoms. The molecule has 0 unspecified atom stereocenters. The lowest BCUT2D eigenvalue weighted by atomic mass is 10.1. The van der Waals surface area contributed by atoms with Crippen molar-refractivity contribution in [3.8, 4) is 0 Å². The normalized spacial score (nSPS) is 12.6. The zero-order valence-electron chi connectivity index (χ0n) is 9.59. The van der Waals surface area contributed by atoms with Gasteiger partial charge in [-0.25, -0.2) is 0 Å². The van der Waals surface area contributed by atoms with Gasteiger partial charge in [-0.1, -0.05) is 6.07 Å². The van der Waals surface area contributed by atoms with Gasteiger partial charge in [0.15, 0.2) is 0 Å². The summed E-state index contributed by atoms with van der Waals surface area (Å²) in [4.78, 5) is 8.31. The largest absolute Gasteiger partial charge is 0.397 e. The number of aliphatic imine (C=N–C) groups is 1. The number of nitrogens with zero attached hydrogens (tertiary/aromatic N) is 2. The van der Waals surface area contributed by atoms with E-state index in [1.54, 1.807) is 30.6 Å². The number of hydrogen-bond acceptors (Lipinski definition) is 4. The van der Waals surface area contributed by atoms with Crippen LogP contribution in [0.2, 0.25) is 0 Å². The number of allylic oxidation sites excluding steroid dienone is 1. The zero-order chi connectivity index (χ0) is 12.0. The van der Waals surface area contributed by atoms with E-state index in [-0.39, 0.29) is 12.6 Å². The molecule has 86 valence electrons. The van der Waals surface area contributed by atoms with Crippen molar-refractivity contribution in [3.63, 3.8) is 0 Å². The molecule has 1 aromatic rings. The van der Waals surface area contributed by atoms with Crippen LogP contribution in [0.25, 0.3) is 5.70 Å². The SMILES string of the molecule is CC(C)N=CC=C(N)c1ncccc1CO. The van der Waals surface area contributed by atoms with E-state index in [0.29, 0.717) is 17.0 Å². The van der Waals surface area contributed by atoms with Gasteiger partial charge in [0.05, 0.1) is 18.0 Å². The van der Waals surface area contributed by atoms with Gasteiger partial charge in [-0.2, -0.15) is 0 Å². The fourth-order valence-electron chi connectivity index (χ4n) is 1.20. The summed E-state index contributed by atoms with van der Waals surface area (Å²) in [6.45, 7) is 3.90. The lowest BCUT2D eigenvalue weighted by Gasteiger charge is -2.04. The highest BCUT2D eigenvalue weighted by Crippen LogP contribution is 2.11. The molecule has 0 aromatic carbocycles. The van der Waals surface area contributed by atoms with Crippen molar-refractivity contribution in [2.24, 2.45) is 10.7 Å². The number of rotatable bonds is 4. The topological polar surface area (TPSA) is 71.5 Å². The maximum absolute atomic E-state index is 9.12. The van der Waals surface area contributed by atoms with E-state index >= 15 is 0 Å². The second kappa shape index (κ2) is 6.02. The van der Waals surface area contributed by atoms with Crippen molar-refractivity contribution in [2.75, 3.05) is 0 Å². The van der Waals surface area contributed by atoms with Gasteiger partial charge < -0.3 is 10.8 Å². The lowest BCUT2D eigenvalue weighted by molar-refractivity contribution is 0.281. The molecule has 1 aromatic heterocycles. The maximum atomic E-state index is 9.12. The molecule has 0 bridgehead atoms. The summed E-state index contributed by atoms with van der Waals surface area (Å²) in [5.74, 6) is 0. The summed E-state index contributed by atoms with van der Waals surface area (Å²) < 4.78 is 0. The minimum Gasteiger partial charge on any atom is -0.397 e. The van der Waals surface area contributed by atoms with Crippen LogP contribution in [0.1, 0.15) is 25.1 Å². The van der Waals surface area contributed by atoms with Gasteiger partial charge in [0.1, 0.15) is 0 Å². The molecule has 0 radical (unpaired) electrons. The summed E-state index contributed by atoms with van der Waals surface area (Å²) in [6, 6.07) is 3.80. The van der Waals surface area contributed by atoms with E-state index < -0.39 is 0 Å². The van der Waals surface area contributed by atoms with Gasteiger partial charge in [-0.3, -0.25) is 9.98 Å². The Labute approximate surface area is 95.5 Å². The van der Waals surface area contributed by atoms with E-state index in [2.05, 4.69) is 9.98 Å². The van der Waals surface area contributed by atoms with Gasteiger partial charge in [-0.05, 0) is 26.0 Å². The van der Waals surface area contributed by atoms with Gasteiger partial charge in [0.25, 0.3) is 0 Å². The summed E-state index contributed by atoms with van der Waals surface area (Å²) in [6.07, 6.45) is 5.01.